The van der Waals surface area contributed by atoms with E-state index in [9.17, 15) is 0 Å². The van der Waals surface area contributed by atoms with E-state index in [-0.39, 0.29) is 0 Å². The summed E-state index contributed by atoms with van der Waals surface area (Å²) in [7, 11) is 0. The van der Waals surface area contributed by atoms with Gasteiger partial charge < -0.3 is 9.80 Å². The molecule has 2 aliphatic rings. The number of aryl methyl sites for hydroxylation is 8. The Morgan fingerprint density at radius 3 is 0.902 bits per heavy atom. The molecule has 0 radical (unpaired) electrons. The van der Waals surface area contributed by atoms with E-state index in [0.29, 0.717) is 0 Å². The fraction of sp³-hybridized carbons (Fsp3) is 0.153. The maximum absolute atomic E-state index is 2.50. The highest BCUT2D eigenvalue weighted by Crippen LogP contribution is 2.60. The van der Waals surface area contributed by atoms with E-state index in [1.165, 1.54) is 89.0 Å². The molecule has 0 fully saturated rings. The van der Waals surface area contributed by atoms with Gasteiger partial charge in [0.2, 0.25) is 0 Å². The van der Waals surface area contributed by atoms with Gasteiger partial charge in [0.1, 0.15) is 0 Å². The van der Waals surface area contributed by atoms with Crippen molar-refractivity contribution < 1.29 is 0 Å². The largest absolute Gasteiger partial charge is 0.310 e. The van der Waals surface area contributed by atoms with Crippen molar-refractivity contribution in [3.8, 4) is 11.1 Å². The third kappa shape index (κ3) is 6.15. The second-order valence-corrected chi connectivity index (χ2v) is 17.5. The molecule has 298 valence electrons. The van der Waals surface area contributed by atoms with Gasteiger partial charge in [-0.1, -0.05) is 97.1 Å². The van der Waals surface area contributed by atoms with Crippen LogP contribution in [0.5, 0.6) is 0 Å². The lowest BCUT2D eigenvalue weighted by Crippen LogP contribution is -2.30. The zero-order valence-electron chi connectivity index (χ0n) is 36.6. The topological polar surface area (TPSA) is 6.48 Å². The van der Waals surface area contributed by atoms with Crippen LogP contribution >= 0.6 is 0 Å². The Kier molecular flexibility index (Phi) is 9.22. The standard InChI is InChI=1S/C59H52N2/c1-37-17-25-47(31-41(37)5)60(48-26-18-38(2)42(6)32-48)51-29-23-45-21-22-46-24-30-52(61(49-27-19-39(3)43(7)33-49)50-28-20-40(4)44(8)34-50)36-58(46)59(57(45)35-51)55-15-11-9-13-53(55)54-14-10-12-16-56(54)59/h9-36H,1-8H3. The molecular formula is C59H52N2. The number of rotatable bonds is 6. The van der Waals surface area contributed by atoms with E-state index in [1.54, 1.807) is 0 Å². The third-order valence-corrected chi connectivity index (χ3v) is 13.8. The molecule has 2 heteroatoms. The van der Waals surface area contributed by atoms with Crippen LogP contribution in [0.15, 0.2) is 158 Å². The van der Waals surface area contributed by atoms with Crippen LogP contribution in [-0.2, 0) is 5.41 Å². The van der Waals surface area contributed by atoms with E-state index in [4.69, 9.17) is 0 Å². The number of benzene rings is 8. The SMILES string of the molecule is Cc1ccc(N(c2ccc(C)c(C)c2)c2ccc3c(c2)C2(c4cc(N(c5ccc(C)c(C)c5)c5ccc(C)c(C)c5)ccc4C=C3)c3ccccc3-c3ccccc32)cc1C. The lowest BCUT2D eigenvalue weighted by atomic mass is 9.66. The van der Waals surface area contributed by atoms with Crippen LogP contribution in [0.25, 0.3) is 23.3 Å². The van der Waals surface area contributed by atoms with Crippen molar-refractivity contribution in [2.24, 2.45) is 0 Å². The summed E-state index contributed by atoms with van der Waals surface area (Å²) >= 11 is 0. The Morgan fingerprint density at radius 2 is 0.574 bits per heavy atom. The summed E-state index contributed by atoms with van der Waals surface area (Å²) in [6, 6.07) is 60.0. The molecule has 2 nitrogen and oxygen atoms in total. The minimum Gasteiger partial charge on any atom is -0.310 e. The fourth-order valence-electron chi connectivity index (χ4n) is 9.80. The average Bonchev–Trinajstić information content (AvgIpc) is 3.48. The summed E-state index contributed by atoms with van der Waals surface area (Å²) in [5, 5.41) is 0. The van der Waals surface area contributed by atoms with Crippen molar-refractivity contribution in [1.82, 2.24) is 0 Å². The van der Waals surface area contributed by atoms with Crippen LogP contribution < -0.4 is 9.80 Å². The minimum absolute atomic E-state index is 0.622. The normalized spacial score (nSPS) is 13.0. The molecule has 0 saturated carbocycles. The summed E-state index contributed by atoms with van der Waals surface area (Å²) in [4.78, 5) is 4.90. The lowest BCUT2D eigenvalue weighted by molar-refractivity contribution is 0.766. The van der Waals surface area contributed by atoms with Crippen molar-refractivity contribution in [2.45, 2.75) is 60.8 Å². The molecule has 0 aliphatic heterocycles. The summed E-state index contributed by atoms with van der Waals surface area (Å²) in [6.45, 7) is 17.6. The smallest absolute Gasteiger partial charge is 0.0726 e. The number of anilines is 6. The number of fused-ring (bicyclic) bond motifs is 9. The van der Waals surface area contributed by atoms with Gasteiger partial charge in [-0.2, -0.15) is 0 Å². The highest BCUT2D eigenvalue weighted by molar-refractivity contribution is 5.94. The maximum atomic E-state index is 2.50. The molecule has 2 aliphatic carbocycles. The highest BCUT2D eigenvalue weighted by Gasteiger charge is 2.49. The molecule has 0 bridgehead atoms. The maximum Gasteiger partial charge on any atom is 0.0726 e. The van der Waals surface area contributed by atoms with Gasteiger partial charge in [-0.15, -0.1) is 0 Å². The van der Waals surface area contributed by atoms with Gasteiger partial charge in [-0.25, -0.2) is 0 Å². The molecule has 8 aromatic rings. The quantitative estimate of drug-likeness (QED) is 0.166. The third-order valence-electron chi connectivity index (χ3n) is 13.8. The first kappa shape index (κ1) is 38.3. The first-order valence-electron chi connectivity index (χ1n) is 21.6. The van der Waals surface area contributed by atoms with Crippen LogP contribution in [0, 0.1) is 55.4 Å². The Balaban J connectivity index is 1.28. The molecule has 0 atom stereocenters. The molecule has 0 amide bonds. The van der Waals surface area contributed by atoms with Gasteiger partial charge in [0, 0.05) is 34.1 Å². The summed E-state index contributed by atoms with van der Waals surface area (Å²) in [5.74, 6) is 0. The molecule has 8 aromatic carbocycles. The molecular weight excluding hydrogens is 737 g/mol. The zero-order valence-corrected chi connectivity index (χ0v) is 36.6. The molecule has 0 heterocycles. The van der Waals surface area contributed by atoms with E-state index < -0.39 is 5.41 Å². The molecule has 61 heavy (non-hydrogen) atoms. The van der Waals surface area contributed by atoms with E-state index in [0.717, 1.165) is 34.1 Å². The molecule has 10 rings (SSSR count). The van der Waals surface area contributed by atoms with Crippen molar-refractivity contribution in [2.75, 3.05) is 9.80 Å². The van der Waals surface area contributed by atoms with Crippen molar-refractivity contribution >= 4 is 46.3 Å². The predicted molar refractivity (Wildman–Crippen MR) is 260 cm³/mol. The van der Waals surface area contributed by atoms with Crippen LogP contribution in [0.4, 0.5) is 34.1 Å². The monoisotopic (exact) mass is 788 g/mol. The van der Waals surface area contributed by atoms with Gasteiger partial charge in [-0.05, 0) is 217 Å². The first-order valence-corrected chi connectivity index (χ1v) is 21.6. The van der Waals surface area contributed by atoms with Crippen LogP contribution in [0.3, 0.4) is 0 Å². The molecule has 0 unspecified atom stereocenters. The van der Waals surface area contributed by atoms with Crippen LogP contribution in [0.2, 0.25) is 0 Å². The van der Waals surface area contributed by atoms with Gasteiger partial charge in [0.25, 0.3) is 0 Å². The Morgan fingerprint density at radius 1 is 0.279 bits per heavy atom. The summed E-state index contributed by atoms with van der Waals surface area (Å²) in [6.07, 6.45) is 4.69. The average molecular weight is 789 g/mol. The number of nitrogens with zero attached hydrogens (tertiary/aromatic N) is 2. The fourth-order valence-corrected chi connectivity index (χ4v) is 9.80. The van der Waals surface area contributed by atoms with Gasteiger partial charge in [0.15, 0.2) is 0 Å². The highest BCUT2D eigenvalue weighted by atomic mass is 15.1. The lowest BCUT2D eigenvalue weighted by Gasteiger charge is -2.37. The molecule has 0 N–H and O–H groups in total. The van der Waals surface area contributed by atoms with Gasteiger partial charge in [-0.3, -0.25) is 0 Å². The minimum atomic E-state index is -0.622. The van der Waals surface area contributed by atoms with E-state index in [1.807, 2.05) is 0 Å². The first-order chi connectivity index (χ1) is 29.5. The zero-order chi connectivity index (χ0) is 42.2. The van der Waals surface area contributed by atoms with Crippen molar-refractivity contribution in [1.29, 1.82) is 0 Å². The predicted octanol–water partition coefficient (Wildman–Crippen LogP) is 15.9. The number of hydrogen-bond donors (Lipinski definition) is 0. The van der Waals surface area contributed by atoms with Gasteiger partial charge >= 0.3 is 0 Å². The molecule has 0 saturated heterocycles. The van der Waals surface area contributed by atoms with Crippen molar-refractivity contribution in [3.63, 3.8) is 0 Å². The summed E-state index contributed by atoms with van der Waals surface area (Å²) in [5.41, 5.74) is 26.7. The Hall–Kier alpha value is -6.90. The number of hydrogen-bond acceptors (Lipinski definition) is 2. The second kappa shape index (κ2) is 14.7. The van der Waals surface area contributed by atoms with Crippen LogP contribution in [0.1, 0.15) is 77.9 Å². The Bertz CT molecular complexity index is 2780. The van der Waals surface area contributed by atoms with Crippen molar-refractivity contribution in [3.05, 3.63) is 236 Å². The van der Waals surface area contributed by atoms with Gasteiger partial charge in [0.05, 0.1) is 5.41 Å². The van der Waals surface area contributed by atoms with Crippen LogP contribution in [-0.4, -0.2) is 0 Å². The second-order valence-electron chi connectivity index (χ2n) is 17.5. The molecule has 0 aromatic heterocycles. The molecule has 1 spiro atoms. The van der Waals surface area contributed by atoms with E-state index >= 15 is 0 Å². The Labute approximate surface area is 362 Å². The van der Waals surface area contributed by atoms with E-state index in [2.05, 4.69) is 235 Å². The summed E-state index contributed by atoms with van der Waals surface area (Å²) < 4.78 is 0.